The Morgan fingerprint density at radius 2 is 2.35 bits per heavy atom. The molecule has 1 fully saturated rings. The molecule has 0 saturated carbocycles. The van der Waals surface area contributed by atoms with Crippen molar-refractivity contribution in [3.05, 3.63) is 33.3 Å². The fourth-order valence-corrected chi connectivity index (χ4v) is 2.02. The highest BCUT2D eigenvalue weighted by atomic mass is 35.5. The highest BCUT2D eigenvalue weighted by Gasteiger charge is 2.17. The third-order valence-corrected chi connectivity index (χ3v) is 2.97. The van der Waals surface area contributed by atoms with E-state index in [0.29, 0.717) is 5.75 Å². The van der Waals surface area contributed by atoms with Gasteiger partial charge in [-0.15, -0.1) is 0 Å². The van der Waals surface area contributed by atoms with Crippen molar-refractivity contribution in [3.63, 3.8) is 0 Å². The number of nitrogens with zero attached hydrogens (tertiary/aromatic N) is 1. The minimum Gasteiger partial charge on any atom is -0.488 e. The van der Waals surface area contributed by atoms with Gasteiger partial charge in [-0.3, -0.25) is 10.1 Å². The second kappa shape index (κ2) is 5.33. The molecule has 6 heteroatoms. The highest BCUT2D eigenvalue weighted by Crippen LogP contribution is 2.30. The zero-order valence-electron chi connectivity index (χ0n) is 9.19. The van der Waals surface area contributed by atoms with Crippen LogP contribution in [-0.4, -0.2) is 24.1 Å². The lowest BCUT2D eigenvalue weighted by Gasteiger charge is -2.24. The molecule has 0 aliphatic carbocycles. The fourth-order valence-electron chi connectivity index (χ4n) is 1.80. The Hall–Kier alpha value is -1.33. The number of halogens is 1. The summed E-state index contributed by atoms with van der Waals surface area (Å²) in [6, 6.07) is 4.26. The number of piperidine rings is 1. The summed E-state index contributed by atoms with van der Waals surface area (Å²) in [5, 5.41) is 14.1. The van der Waals surface area contributed by atoms with Crippen molar-refractivity contribution in [1.29, 1.82) is 0 Å². The molecule has 1 aliphatic heterocycles. The smallest absolute Gasteiger partial charge is 0.271 e. The van der Waals surface area contributed by atoms with E-state index >= 15 is 0 Å². The molecule has 2 rings (SSSR count). The standard InChI is InChI=1S/C11H13ClN2O3/c12-10-6-8(14(15)16)3-4-11(10)17-9-2-1-5-13-7-9/h3-4,6,9,13H,1-2,5,7H2. The molecular formula is C11H13ClN2O3. The van der Waals surface area contributed by atoms with Gasteiger partial charge < -0.3 is 10.1 Å². The molecule has 92 valence electrons. The van der Waals surface area contributed by atoms with Gasteiger partial charge in [0.05, 0.1) is 9.95 Å². The lowest BCUT2D eigenvalue weighted by Crippen LogP contribution is -2.37. The van der Waals surface area contributed by atoms with E-state index in [-0.39, 0.29) is 16.8 Å². The van der Waals surface area contributed by atoms with Crippen molar-refractivity contribution in [2.75, 3.05) is 13.1 Å². The Labute approximate surface area is 104 Å². The van der Waals surface area contributed by atoms with Gasteiger partial charge in [-0.1, -0.05) is 11.6 Å². The summed E-state index contributed by atoms with van der Waals surface area (Å²) < 4.78 is 5.70. The molecule has 1 aromatic rings. The van der Waals surface area contributed by atoms with Gasteiger partial charge in [-0.25, -0.2) is 0 Å². The second-order valence-corrected chi connectivity index (χ2v) is 4.37. The van der Waals surface area contributed by atoms with Crippen LogP contribution in [0.2, 0.25) is 5.02 Å². The summed E-state index contributed by atoms with van der Waals surface area (Å²) in [5.74, 6) is 0.506. The molecule has 17 heavy (non-hydrogen) atoms. The van der Waals surface area contributed by atoms with Gasteiger partial charge in [-0.2, -0.15) is 0 Å². The monoisotopic (exact) mass is 256 g/mol. The topological polar surface area (TPSA) is 64.4 Å². The van der Waals surface area contributed by atoms with Crippen molar-refractivity contribution in [3.8, 4) is 5.75 Å². The molecule has 1 N–H and O–H groups in total. The zero-order chi connectivity index (χ0) is 12.3. The van der Waals surface area contributed by atoms with Gasteiger partial charge in [0, 0.05) is 18.7 Å². The summed E-state index contributed by atoms with van der Waals surface area (Å²) >= 11 is 5.94. The van der Waals surface area contributed by atoms with Crippen LogP contribution in [0.5, 0.6) is 5.75 Å². The van der Waals surface area contributed by atoms with Crippen LogP contribution in [0.4, 0.5) is 5.69 Å². The van der Waals surface area contributed by atoms with Gasteiger partial charge in [0.15, 0.2) is 0 Å². The lowest BCUT2D eigenvalue weighted by molar-refractivity contribution is -0.384. The minimum atomic E-state index is -0.474. The summed E-state index contributed by atoms with van der Waals surface area (Å²) in [5.41, 5.74) is -0.0240. The first kappa shape index (κ1) is 12.1. The van der Waals surface area contributed by atoms with E-state index in [0.717, 1.165) is 25.9 Å². The largest absolute Gasteiger partial charge is 0.488 e. The van der Waals surface area contributed by atoms with Gasteiger partial charge in [0.25, 0.3) is 5.69 Å². The quantitative estimate of drug-likeness (QED) is 0.666. The average Bonchev–Trinajstić information content (AvgIpc) is 2.33. The second-order valence-electron chi connectivity index (χ2n) is 3.96. The third kappa shape index (κ3) is 3.08. The van der Waals surface area contributed by atoms with E-state index in [4.69, 9.17) is 16.3 Å². The number of rotatable bonds is 3. The SMILES string of the molecule is O=[N+]([O-])c1ccc(OC2CCCNC2)c(Cl)c1. The molecule has 0 bridgehead atoms. The van der Waals surface area contributed by atoms with E-state index in [1.165, 1.54) is 12.1 Å². The molecule has 1 saturated heterocycles. The van der Waals surface area contributed by atoms with E-state index < -0.39 is 4.92 Å². The first-order valence-corrected chi connectivity index (χ1v) is 5.86. The number of benzene rings is 1. The number of nitro benzene ring substituents is 1. The van der Waals surface area contributed by atoms with Crippen LogP contribution in [0.25, 0.3) is 0 Å². The highest BCUT2D eigenvalue weighted by molar-refractivity contribution is 6.32. The Morgan fingerprint density at radius 3 is 2.94 bits per heavy atom. The molecule has 1 heterocycles. The molecule has 1 unspecified atom stereocenters. The fraction of sp³-hybridized carbons (Fsp3) is 0.455. The number of hydrogen-bond acceptors (Lipinski definition) is 4. The Balaban J connectivity index is 2.08. The Bertz CT molecular complexity index is 419. The molecular weight excluding hydrogens is 244 g/mol. The number of hydrogen-bond donors (Lipinski definition) is 1. The molecule has 1 atom stereocenters. The number of nitrogens with one attached hydrogen (secondary N) is 1. The van der Waals surface area contributed by atoms with Crippen molar-refractivity contribution >= 4 is 17.3 Å². The van der Waals surface area contributed by atoms with Crippen LogP contribution in [0.15, 0.2) is 18.2 Å². The normalized spacial score (nSPS) is 19.9. The van der Waals surface area contributed by atoms with E-state index in [9.17, 15) is 10.1 Å². The van der Waals surface area contributed by atoms with Crippen LogP contribution in [0, 0.1) is 10.1 Å². The van der Waals surface area contributed by atoms with Crippen molar-refractivity contribution < 1.29 is 9.66 Å². The predicted molar refractivity (Wildman–Crippen MR) is 64.6 cm³/mol. The van der Waals surface area contributed by atoms with E-state index in [1.807, 2.05) is 0 Å². The summed E-state index contributed by atoms with van der Waals surface area (Å²) in [7, 11) is 0. The van der Waals surface area contributed by atoms with Crippen molar-refractivity contribution in [2.24, 2.45) is 0 Å². The molecule has 0 spiro atoms. The predicted octanol–water partition coefficient (Wildman–Crippen LogP) is 2.38. The maximum absolute atomic E-state index is 10.6. The van der Waals surface area contributed by atoms with Gasteiger partial charge in [0.1, 0.15) is 11.9 Å². The molecule has 5 nitrogen and oxygen atoms in total. The summed E-state index contributed by atoms with van der Waals surface area (Å²) in [4.78, 5) is 10.1. The minimum absolute atomic E-state index is 0.0240. The van der Waals surface area contributed by atoms with Crippen LogP contribution in [0.3, 0.4) is 0 Å². The molecule has 1 aliphatic rings. The maximum atomic E-state index is 10.6. The first-order valence-electron chi connectivity index (χ1n) is 5.48. The van der Waals surface area contributed by atoms with Crippen molar-refractivity contribution in [2.45, 2.75) is 18.9 Å². The van der Waals surface area contributed by atoms with Gasteiger partial charge >= 0.3 is 0 Å². The lowest BCUT2D eigenvalue weighted by atomic mass is 10.1. The summed E-state index contributed by atoms with van der Waals surface area (Å²) in [6.45, 7) is 1.79. The molecule has 0 radical (unpaired) electrons. The van der Waals surface area contributed by atoms with E-state index in [2.05, 4.69) is 5.32 Å². The van der Waals surface area contributed by atoms with Crippen LogP contribution in [-0.2, 0) is 0 Å². The number of non-ortho nitro benzene ring substituents is 1. The Kier molecular flexibility index (Phi) is 3.81. The number of nitro groups is 1. The van der Waals surface area contributed by atoms with E-state index in [1.54, 1.807) is 6.07 Å². The summed E-state index contributed by atoms with van der Waals surface area (Å²) in [6.07, 6.45) is 2.12. The molecule has 0 amide bonds. The zero-order valence-corrected chi connectivity index (χ0v) is 9.94. The first-order chi connectivity index (χ1) is 8.16. The number of ether oxygens (including phenoxy) is 1. The maximum Gasteiger partial charge on any atom is 0.271 e. The average molecular weight is 257 g/mol. The molecule has 1 aromatic carbocycles. The third-order valence-electron chi connectivity index (χ3n) is 2.67. The van der Waals surface area contributed by atoms with Crippen LogP contribution < -0.4 is 10.1 Å². The van der Waals surface area contributed by atoms with Gasteiger partial charge in [-0.05, 0) is 25.5 Å². The Morgan fingerprint density at radius 1 is 1.53 bits per heavy atom. The molecule has 0 aromatic heterocycles. The van der Waals surface area contributed by atoms with Crippen LogP contribution >= 0.6 is 11.6 Å². The van der Waals surface area contributed by atoms with Crippen molar-refractivity contribution in [1.82, 2.24) is 5.32 Å². The van der Waals surface area contributed by atoms with Gasteiger partial charge in [0.2, 0.25) is 0 Å². The van der Waals surface area contributed by atoms with Crippen LogP contribution in [0.1, 0.15) is 12.8 Å².